The number of rotatable bonds is 5. The fourth-order valence-electron chi connectivity index (χ4n) is 2.79. The van der Waals surface area contributed by atoms with Crippen molar-refractivity contribution in [2.75, 3.05) is 0 Å². The summed E-state index contributed by atoms with van der Waals surface area (Å²) < 4.78 is 2.85. The van der Waals surface area contributed by atoms with E-state index in [-0.39, 0.29) is 6.42 Å². The highest BCUT2D eigenvalue weighted by Crippen LogP contribution is 2.25. The third-order valence-corrected chi connectivity index (χ3v) is 4.79. The Bertz CT molecular complexity index is 1090. The van der Waals surface area contributed by atoms with Gasteiger partial charge in [-0.2, -0.15) is 5.10 Å². The van der Waals surface area contributed by atoms with Gasteiger partial charge in [-0.1, -0.05) is 6.07 Å². The lowest BCUT2D eigenvalue weighted by Gasteiger charge is -2.06. The first-order valence-electron chi connectivity index (χ1n) is 8.08. The molecule has 0 aliphatic heterocycles. The van der Waals surface area contributed by atoms with E-state index < -0.39 is 5.91 Å². The van der Waals surface area contributed by atoms with Crippen molar-refractivity contribution in [2.45, 2.75) is 19.8 Å². The van der Waals surface area contributed by atoms with E-state index in [1.807, 2.05) is 37.3 Å². The number of carbonyl (C=O) groups excluding carboxylic acids is 1. The molecular weight excluding hydrogens is 348 g/mol. The van der Waals surface area contributed by atoms with Gasteiger partial charge in [0, 0.05) is 18.8 Å². The number of aryl methyl sites for hydroxylation is 1. The summed E-state index contributed by atoms with van der Waals surface area (Å²) in [5, 5.41) is 5.51. The molecule has 2 N–H and O–H groups in total. The molecule has 0 bridgehead atoms. The molecule has 1 amide bonds. The molecule has 7 nitrogen and oxygen atoms in total. The van der Waals surface area contributed by atoms with Gasteiger partial charge in [-0.05, 0) is 36.8 Å². The summed E-state index contributed by atoms with van der Waals surface area (Å²) >= 11 is 1.63. The topological polar surface area (TPSA) is 99.6 Å². The van der Waals surface area contributed by atoms with Crippen LogP contribution in [-0.2, 0) is 17.6 Å². The highest BCUT2D eigenvalue weighted by Gasteiger charge is 2.15. The number of carbonyl (C=O) groups is 1. The zero-order valence-electron chi connectivity index (χ0n) is 14.1. The predicted molar refractivity (Wildman–Crippen MR) is 99.2 cm³/mol. The van der Waals surface area contributed by atoms with E-state index in [4.69, 9.17) is 5.73 Å². The lowest BCUT2D eigenvalue weighted by atomic mass is 10.2. The lowest BCUT2D eigenvalue weighted by molar-refractivity contribution is -0.117. The molecule has 1 aromatic carbocycles. The number of nitrogens with zero attached hydrogens (tertiary/aromatic N) is 5. The Kier molecular flexibility index (Phi) is 4.18. The quantitative estimate of drug-likeness (QED) is 0.585. The smallest absolute Gasteiger partial charge is 0.225 e. The predicted octanol–water partition coefficient (Wildman–Crippen LogP) is 2.20. The number of amides is 1. The van der Waals surface area contributed by atoms with Crippen molar-refractivity contribution < 1.29 is 4.79 Å². The van der Waals surface area contributed by atoms with Gasteiger partial charge in [0.05, 0.1) is 27.3 Å². The Morgan fingerprint density at radius 3 is 2.92 bits per heavy atom. The fraction of sp³-hybridized carbons (Fsp3) is 0.167. The summed E-state index contributed by atoms with van der Waals surface area (Å²) in [5.74, 6) is 0.690. The van der Waals surface area contributed by atoms with Crippen LogP contribution in [0.5, 0.6) is 0 Å². The number of primary amides is 1. The van der Waals surface area contributed by atoms with Gasteiger partial charge in [0.2, 0.25) is 5.91 Å². The number of hydrogen-bond donors (Lipinski definition) is 1. The summed E-state index contributed by atoms with van der Waals surface area (Å²) in [5.41, 5.74) is 8.16. The van der Waals surface area contributed by atoms with Crippen LogP contribution in [0.25, 0.3) is 15.9 Å². The molecule has 3 aromatic heterocycles. The maximum Gasteiger partial charge on any atom is 0.225 e. The van der Waals surface area contributed by atoms with Crippen LogP contribution in [-0.4, -0.2) is 30.6 Å². The number of benzene rings is 1. The molecule has 0 radical (unpaired) electrons. The van der Waals surface area contributed by atoms with Gasteiger partial charge in [-0.3, -0.25) is 9.78 Å². The van der Waals surface area contributed by atoms with Crippen LogP contribution in [0.4, 0.5) is 0 Å². The molecule has 0 unspecified atom stereocenters. The molecule has 0 spiro atoms. The minimum Gasteiger partial charge on any atom is -0.369 e. The largest absolute Gasteiger partial charge is 0.369 e. The summed E-state index contributed by atoms with van der Waals surface area (Å²) in [6, 6.07) is 9.83. The van der Waals surface area contributed by atoms with E-state index in [1.54, 1.807) is 28.4 Å². The standard InChI is InChI=1S/C18H16N6OS/c1-11-21-14-5-4-13(8-15(14)26-11)24-18(7-12-3-2-6-20-10-12)22-17(23-24)9-16(19)25/h2-6,8,10H,7,9H2,1H3,(H2,19,25). The number of thiazole rings is 1. The van der Waals surface area contributed by atoms with Gasteiger partial charge in [-0.25, -0.2) is 14.6 Å². The first kappa shape index (κ1) is 16.3. The monoisotopic (exact) mass is 364 g/mol. The van der Waals surface area contributed by atoms with Crippen molar-refractivity contribution in [1.29, 1.82) is 0 Å². The van der Waals surface area contributed by atoms with Gasteiger partial charge >= 0.3 is 0 Å². The maximum atomic E-state index is 11.3. The Morgan fingerprint density at radius 2 is 2.15 bits per heavy atom. The van der Waals surface area contributed by atoms with Crippen LogP contribution in [0.3, 0.4) is 0 Å². The van der Waals surface area contributed by atoms with Crippen LogP contribution in [0.2, 0.25) is 0 Å². The van der Waals surface area contributed by atoms with Gasteiger partial charge in [0.25, 0.3) is 0 Å². The van der Waals surface area contributed by atoms with E-state index in [0.29, 0.717) is 12.2 Å². The Morgan fingerprint density at radius 1 is 1.27 bits per heavy atom. The van der Waals surface area contributed by atoms with Crippen LogP contribution < -0.4 is 5.73 Å². The maximum absolute atomic E-state index is 11.3. The molecule has 0 fully saturated rings. The summed E-state index contributed by atoms with van der Waals surface area (Å²) in [4.78, 5) is 24.4. The van der Waals surface area contributed by atoms with Crippen LogP contribution >= 0.6 is 11.3 Å². The molecule has 4 aromatic rings. The minimum absolute atomic E-state index is 0.00888. The lowest BCUT2D eigenvalue weighted by Crippen LogP contribution is -2.14. The summed E-state index contributed by atoms with van der Waals surface area (Å²) in [6.07, 6.45) is 4.09. The van der Waals surface area contributed by atoms with Crippen LogP contribution in [0.15, 0.2) is 42.7 Å². The van der Waals surface area contributed by atoms with Crippen molar-refractivity contribution in [3.05, 3.63) is 64.9 Å². The van der Waals surface area contributed by atoms with E-state index in [9.17, 15) is 4.79 Å². The number of fused-ring (bicyclic) bond motifs is 1. The third-order valence-electron chi connectivity index (χ3n) is 3.86. The van der Waals surface area contributed by atoms with Crippen molar-refractivity contribution in [3.8, 4) is 5.69 Å². The van der Waals surface area contributed by atoms with Gasteiger partial charge in [0.1, 0.15) is 5.82 Å². The van der Waals surface area contributed by atoms with E-state index >= 15 is 0 Å². The second kappa shape index (κ2) is 6.64. The Labute approximate surface area is 153 Å². The highest BCUT2D eigenvalue weighted by atomic mass is 32.1. The molecule has 8 heteroatoms. The van der Waals surface area contributed by atoms with Crippen LogP contribution in [0, 0.1) is 6.92 Å². The average molecular weight is 364 g/mol. The van der Waals surface area contributed by atoms with Gasteiger partial charge in [0.15, 0.2) is 5.82 Å². The van der Waals surface area contributed by atoms with E-state index in [0.717, 1.165) is 32.3 Å². The number of aromatic nitrogens is 5. The Hall–Kier alpha value is -3.13. The molecular formula is C18H16N6OS. The fourth-order valence-corrected chi connectivity index (χ4v) is 3.65. The average Bonchev–Trinajstić information content (AvgIpc) is 3.16. The molecule has 3 heterocycles. The molecule has 0 saturated heterocycles. The molecule has 0 aliphatic carbocycles. The molecule has 0 aliphatic rings. The first-order chi connectivity index (χ1) is 12.6. The second-order valence-corrected chi connectivity index (χ2v) is 7.16. The SMILES string of the molecule is Cc1nc2ccc(-n3nc(CC(N)=O)nc3Cc3cccnc3)cc2s1. The molecule has 26 heavy (non-hydrogen) atoms. The van der Waals surface area contributed by atoms with Crippen LogP contribution in [0.1, 0.15) is 22.2 Å². The van der Waals surface area contributed by atoms with Crippen molar-refractivity contribution in [3.63, 3.8) is 0 Å². The number of hydrogen-bond acceptors (Lipinski definition) is 6. The minimum atomic E-state index is -0.455. The number of pyridine rings is 1. The van der Waals surface area contributed by atoms with Crippen molar-refractivity contribution in [2.24, 2.45) is 5.73 Å². The zero-order chi connectivity index (χ0) is 18.1. The zero-order valence-corrected chi connectivity index (χ0v) is 14.9. The van der Waals surface area contributed by atoms with Crippen molar-refractivity contribution in [1.82, 2.24) is 24.7 Å². The van der Waals surface area contributed by atoms with Crippen molar-refractivity contribution >= 4 is 27.5 Å². The molecule has 0 atom stereocenters. The molecule has 4 rings (SSSR count). The normalized spacial score (nSPS) is 11.1. The highest BCUT2D eigenvalue weighted by molar-refractivity contribution is 7.18. The summed E-state index contributed by atoms with van der Waals surface area (Å²) in [7, 11) is 0. The first-order valence-corrected chi connectivity index (χ1v) is 8.90. The number of nitrogens with two attached hydrogens (primary N) is 1. The summed E-state index contributed by atoms with van der Waals surface area (Å²) in [6.45, 7) is 1.98. The third kappa shape index (κ3) is 3.31. The van der Waals surface area contributed by atoms with E-state index in [2.05, 4.69) is 20.1 Å². The molecule has 130 valence electrons. The van der Waals surface area contributed by atoms with E-state index in [1.165, 1.54) is 0 Å². The van der Waals surface area contributed by atoms with Gasteiger partial charge < -0.3 is 5.73 Å². The molecule has 0 saturated carbocycles. The Balaban J connectivity index is 1.78. The second-order valence-electron chi connectivity index (χ2n) is 5.92. The van der Waals surface area contributed by atoms with Gasteiger partial charge in [-0.15, -0.1) is 11.3 Å².